The number of nitrogens with one attached hydrogen (secondary N) is 1. The first kappa shape index (κ1) is 14.5. The number of benzene rings is 1. The predicted molar refractivity (Wildman–Crippen MR) is 76.1 cm³/mol. The average Bonchev–Trinajstić information content (AvgIpc) is 2.45. The highest BCUT2D eigenvalue weighted by atomic mass is 79.9. The van der Waals surface area contributed by atoms with Crippen molar-refractivity contribution in [2.75, 3.05) is 7.11 Å². The summed E-state index contributed by atoms with van der Waals surface area (Å²) >= 11 is 3.17. The van der Waals surface area contributed by atoms with E-state index in [4.69, 9.17) is 4.74 Å². The maximum absolute atomic E-state index is 13.0. The van der Waals surface area contributed by atoms with Crippen molar-refractivity contribution in [1.82, 2.24) is 10.3 Å². The standard InChI is InChI=1S/C14H12BrFN2O2/c1-20-13-6-9(4-5-17-13)8-18-14(19)11-3-2-10(16)7-12(11)15/h2-7H,8H2,1H3,(H,18,19). The average molecular weight is 339 g/mol. The van der Waals surface area contributed by atoms with Gasteiger partial charge < -0.3 is 10.1 Å². The third-order valence-electron chi connectivity index (χ3n) is 2.64. The van der Waals surface area contributed by atoms with Crippen LogP contribution < -0.4 is 10.1 Å². The molecule has 0 unspecified atom stereocenters. The third kappa shape index (κ3) is 3.54. The lowest BCUT2D eigenvalue weighted by molar-refractivity contribution is 0.0950. The first-order valence-electron chi connectivity index (χ1n) is 5.82. The van der Waals surface area contributed by atoms with Crippen LogP contribution in [0.4, 0.5) is 4.39 Å². The summed E-state index contributed by atoms with van der Waals surface area (Å²) in [5, 5.41) is 2.75. The molecule has 0 spiro atoms. The number of amides is 1. The number of hydrogen-bond acceptors (Lipinski definition) is 3. The Morgan fingerprint density at radius 2 is 2.20 bits per heavy atom. The van der Waals surface area contributed by atoms with Crippen LogP contribution in [0.15, 0.2) is 41.0 Å². The van der Waals surface area contributed by atoms with Crippen LogP contribution in [0, 0.1) is 5.82 Å². The van der Waals surface area contributed by atoms with Gasteiger partial charge in [0.15, 0.2) is 0 Å². The highest BCUT2D eigenvalue weighted by Crippen LogP contribution is 2.18. The largest absolute Gasteiger partial charge is 0.481 e. The van der Waals surface area contributed by atoms with Crippen molar-refractivity contribution in [2.45, 2.75) is 6.54 Å². The van der Waals surface area contributed by atoms with Crippen molar-refractivity contribution in [3.8, 4) is 5.88 Å². The molecule has 0 fully saturated rings. The number of methoxy groups -OCH3 is 1. The Labute approximate surface area is 124 Å². The quantitative estimate of drug-likeness (QED) is 0.932. The molecule has 104 valence electrons. The molecule has 6 heteroatoms. The first-order chi connectivity index (χ1) is 9.60. The summed E-state index contributed by atoms with van der Waals surface area (Å²) in [7, 11) is 1.53. The van der Waals surface area contributed by atoms with Crippen LogP contribution in [0.3, 0.4) is 0 Å². The highest BCUT2D eigenvalue weighted by molar-refractivity contribution is 9.10. The first-order valence-corrected chi connectivity index (χ1v) is 6.61. The van der Waals surface area contributed by atoms with Gasteiger partial charge >= 0.3 is 0 Å². The second kappa shape index (κ2) is 6.47. The number of rotatable bonds is 4. The minimum Gasteiger partial charge on any atom is -0.481 e. The molecular formula is C14H12BrFN2O2. The van der Waals surface area contributed by atoms with Gasteiger partial charge in [-0.1, -0.05) is 0 Å². The summed E-state index contributed by atoms with van der Waals surface area (Å²) in [6.07, 6.45) is 1.61. The van der Waals surface area contributed by atoms with Crippen LogP contribution in [0.5, 0.6) is 5.88 Å². The van der Waals surface area contributed by atoms with Gasteiger partial charge in [-0.05, 0) is 45.8 Å². The predicted octanol–water partition coefficient (Wildman–Crippen LogP) is 2.92. The third-order valence-corrected chi connectivity index (χ3v) is 3.29. The lowest BCUT2D eigenvalue weighted by Gasteiger charge is -2.08. The van der Waals surface area contributed by atoms with E-state index in [2.05, 4.69) is 26.2 Å². The smallest absolute Gasteiger partial charge is 0.252 e. The molecule has 0 saturated heterocycles. The fourth-order valence-electron chi connectivity index (χ4n) is 1.62. The normalized spacial score (nSPS) is 10.2. The zero-order valence-electron chi connectivity index (χ0n) is 10.7. The van der Waals surface area contributed by atoms with Gasteiger partial charge in [0.2, 0.25) is 5.88 Å². The fraction of sp³-hybridized carbons (Fsp3) is 0.143. The van der Waals surface area contributed by atoms with Crippen molar-refractivity contribution < 1.29 is 13.9 Å². The zero-order chi connectivity index (χ0) is 14.5. The summed E-state index contributed by atoms with van der Waals surface area (Å²) in [6.45, 7) is 0.335. The minimum atomic E-state index is -0.396. The van der Waals surface area contributed by atoms with E-state index in [1.165, 1.54) is 25.3 Å². The minimum absolute atomic E-state index is 0.285. The van der Waals surface area contributed by atoms with Gasteiger partial charge in [0, 0.05) is 23.3 Å². The summed E-state index contributed by atoms with van der Waals surface area (Å²) < 4.78 is 18.4. The van der Waals surface area contributed by atoms with Gasteiger partial charge in [0.1, 0.15) is 5.82 Å². The summed E-state index contributed by atoms with van der Waals surface area (Å²) in [4.78, 5) is 16.0. The van der Waals surface area contributed by atoms with Crippen molar-refractivity contribution in [3.05, 3.63) is 57.9 Å². The summed E-state index contributed by atoms with van der Waals surface area (Å²) in [6, 6.07) is 7.45. The van der Waals surface area contributed by atoms with Gasteiger partial charge in [0.25, 0.3) is 5.91 Å². The Morgan fingerprint density at radius 1 is 1.40 bits per heavy atom. The van der Waals surface area contributed by atoms with Crippen molar-refractivity contribution >= 4 is 21.8 Å². The van der Waals surface area contributed by atoms with Crippen LogP contribution in [-0.2, 0) is 6.54 Å². The Bertz CT molecular complexity index is 634. The Morgan fingerprint density at radius 3 is 2.90 bits per heavy atom. The molecule has 0 bridgehead atoms. The second-order valence-electron chi connectivity index (χ2n) is 4.01. The van der Waals surface area contributed by atoms with E-state index in [1.54, 1.807) is 18.3 Å². The number of nitrogens with zero attached hydrogens (tertiary/aromatic N) is 1. The van der Waals surface area contributed by atoms with E-state index in [9.17, 15) is 9.18 Å². The molecule has 1 aromatic carbocycles. The number of aromatic nitrogens is 1. The SMILES string of the molecule is COc1cc(CNC(=O)c2ccc(F)cc2Br)ccn1. The maximum atomic E-state index is 13.0. The summed E-state index contributed by atoms with van der Waals surface area (Å²) in [5.41, 5.74) is 1.25. The van der Waals surface area contributed by atoms with Crippen LogP contribution >= 0.6 is 15.9 Å². The Hall–Kier alpha value is -1.95. The number of pyridine rings is 1. The van der Waals surface area contributed by atoms with Crippen LogP contribution in [0.2, 0.25) is 0 Å². The number of halogens is 2. The van der Waals surface area contributed by atoms with Crippen molar-refractivity contribution in [2.24, 2.45) is 0 Å². The number of carbonyl (C=O) groups is 1. The lowest BCUT2D eigenvalue weighted by Crippen LogP contribution is -2.23. The molecule has 1 heterocycles. The number of carbonyl (C=O) groups excluding carboxylic acids is 1. The molecule has 0 radical (unpaired) electrons. The molecule has 1 N–H and O–H groups in total. The van der Waals surface area contributed by atoms with Gasteiger partial charge in [-0.3, -0.25) is 4.79 Å². The molecule has 0 saturated carbocycles. The summed E-state index contributed by atoms with van der Waals surface area (Å²) in [5.74, 6) is -0.195. The molecule has 4 nitrogen and oxygen atoms in total. The van der Waals surface area contributed by atoms with E-state index in [1.807, 2.05) is 0 Å². The van der Waals surface area contributed by atoms with E-state index in [-0.39, 0.29) is 5.91 Å². The zero-order valence-corrected chi connectivity index (χ0v) is 12.3. The van der Waals surface area contributed by atoms with E-state index in [0.717, 1.165) is 5.56 Å². The lowest BCUT2D eigenvalue weighted by atomic mass is 10.2. The van der Waals surface area contributed by atoms with E-state index in [0.29, 0.717) is 22.5 Å². The molecule has 0 aliphatic heterocycles. The molecule has 1 amide bonds. The monoisotopic (exact) mass is 338 g/mol. The van der Waals surface area contributed by atoms with Gasteiger partial charge in [0.05, 0.1) is 12.7 Å². The molecule has 1 aromatic heterocycles. The maximum Gasteiger partial charge on any atom is 0.252 e. The fourth-order valence-corrected chi connectivity index (χ4v) is 2.15. The number of ether oxygens (including phenoxy) is 1. The second-order valence-corrected chi connectivity index (χ2v) is 4.87. The number of hydrogen-bond donors (Lipinski definition) is 1. The van der Waals surface area contributed by atoms with Crippen LogP contribution in [0.1, 0.15) is 15.9 Å². The molecule has 0 aliphatic carbocycles. The Balaban J connectivity index is 2.04. The molecular weight excluding hydrogens is 327 g/mol. The molecule has 0 atom stereocenters. The topological polar surface area (TPSA) is 51.2 Å². The van der Waals surface area contributed by atoms with E-state index >= 15 is 0 Å². The van der Waals surface area contributed by atoms with Gasteiger partial charge in [-0.25, -0.2) is 9.37 Å². The molecule has 2 aromatic rings. The van der Waals surface area contributed by atoms with Crippen LogP contribution in [-0.4, -0.2) is 18.0 Å². The molecule has 0 aliphatic rings. The molecule has 20 heavy (non-hydrogen) atoms. The van der Waals surface area contributed by atoms with Crippen molar-refractivity contribution in [1.29, 1.82) is 0 Å². The molecule has 2 rings (SSSR count). The highest BCUT2D eigenvalue weighted by Gasteiger charge is 2.10. The van der Waals surface area contributed by atoms with Crippen LogP contribution in [0.25, 0.3) is 0 Å². The van der Waals surface area contributed by atoms with Gasteiger partial charge in [-0.15, -0.1) is 0 Å². The van der Waals surface area contributed by atoms with E-state index < -0.39 is 5.82 Å². The van der Waals surface area contributed by atoms with Gasteiger partial charge in [-0.2, -0.15) is 0 Å². The Kier molecular flexibility index (Phi) is 4.68. The van der Waals surface area contributed by atoms with Crippen molar-refractivity contribution in [3.63, 3.8) is 0 Å².